The first kappa shape index (κ1) is 13.0. The maximum Gasteiger partial charge on any atom is 0.0132 e. The normalized spacial score (nSPS) is 20.4. The molecule has 1 rings (SSSR count). The maximum atomic E-state index is 3.86. The molecule has 0 aromatic heterocycles. The number of rotatable bonds is 5. The first-order chi connectivity index (χ1) is 6.73. The molecule has 90 valence electrons. The standard InChI is InChI=1S/C14H29N/c1-7-12(11-8-9-11)15-14(5,6)10-13(2,3)4/h11-12,15H,7-10H2,1-6H3. The molecule has 1 fully saturated rings. The van der Waals surface area contributed by atoms with Crippen LogP contribution in [-0.2, 0) is 0 Å². The van der Waals surface area contributed by atoms with E-state index in [1.165, 1.54) is 25.7 Å². The number of hydrogen-bond acceptors (Lipinski definition) is 1. The molecule has 0 aromatic carbocycles. The average molecular weight is 211 g/mol. The Morgan fingerprint density at radius 3 is 2.00 bits per heavy atom. The fourth-order valence-corrected chi connectivity index (χ4v) is 2.93. The lowest BCUT2D eigenvalue weighted by atomic mass is 9.81. The average Bonchev–Trinajstić information content (AvgIpc) is 2.77. The van der Waals surface area contributed by atoms with Crippen molar-refractivity contribution in [2.45, 2.75) is 78.8 Å². The predicted octanol–water partition coefficient (Wildman–Crippen LogP) is 3.98. The molecule has 1 aliphatic carbocycles. The van der Waals surface area contributed by atoms with E-state index in [-0.39, 0.29) is 5.54 Å². The molecule has 1 atom stereocenters. The summed E-state index contributed by atoms with van der Waals surface area (Å²) >= 11 is 0. The Balaban J connectivity index is 2.46. The molecule has 1 saturated carbocycles. The lowest BCUT2D eigenvalue weighted by molar-refractivity contribution is 0.212. The minimum absolute atomic E-state index is 0.279. The molecule has 0 heterocycles. The van der Waals surface area contributed by atoms with Gasteiger partial charge < -0.3 is 5.32 Å². The van der Waals surface area contributed by atoms with Crippen LogP contribution >= 0.6 is 0 Å². The first-order valence-electron chi connectivity index (χ1n) is 6.51. The van der Waals surface area contributed by atoms with Crippen LogP contribution in [0.3, 0.4) is 0 Å². The van der Waals surface area contributed by atoms with Crippen molar-refractivity contribution >= 4 is 0 Å². The second-order valence-corrected chi connectivity index (χ2v) is 7.12. The number of nitrogens with one attached hydrogen (secondary N) is 1. The molecular weight excluding hydrogens is 182 g/mol. The van der Waals surface area contributed by atoms with Crippen LogP contribution in [0.2, 0.25) is 0 Å². The molecule has 0 aliphatic heterocycles. The second kappa shape index (κ2) is 4.45. The van der Waals surface area contributed by atoms with Crippen molar-refractivity contribution in [2.75, 3.05) is 0 Å². The zero-order valence-electron chi connectivity index (χ0n) is 11.5. The summed E-state index contributed by atoms with van der Waals surface area (Å²) in [4.78, 5) is 0. The highest BCUT2D eigenvalue weighted by atomic mass is 15.0. The van der Waals surface area contributed by atoms with Gasteiger partial charge in [-0.1, -0.05) is 27.7 Å². The largest absolute Gasteiger partial charge is 0.309 e. The van der Waals surface area contributed by atoms with Crippen LogP contribution in [0.4, 0.5) is 0 Å². The third kappa shape index (κ3) is 5.01. The summed E-state index contributed by atoms with van der Waals surface area (Å²) in [5, 5.41) is 3.86. The molecule has 0 aromatic rings. The molecule has 1 aliphatic rings. The summed E-state index contributed by atoms with van der Waals surface area (Å²) in [6.45, 7) is 14.0. The number of hydrogen-bond donors (Lipinski definition) is 1. The molecule has 0 bridgehead atoms. The van der Waals surface area contributed by atoms with E-state index in [4.69, 9.17) is 0 Å². The van der Waals surface area contributed by atoms with E-state index in [1.54, 1.807) is 0 Å². The van der Waals surface area contributed by atoms with Crippen LogP contribution in [0.1, 0.15) is 67.2 Å². The van der Waals surface area contributed by atoms with Gasteiger partial charge in [-0.3, -0.25) is 0 Å². The van der Waals surface area contributed by atoms with E-state index in [0.29, 0.717) is 5.41 Å². The van der Waals surface area contributed by atoms with Crippen molar-refractivity contribution in [1.29, 1.82) is 0 Å². The smallest absolute Gasteiger partial charge is 0.0132 e. The Bertz CT molecular complexity index is 196. The monoisotopic (exact) mass is 211 g/mol. The van der Waals surface area contributed by atoms with Crippen LogP contribution in [0.25, 0.3) is 0 Å². The van der Waals surface area contributed by atoms with Gasteiger partial charge in [0.05, 0.1) is 0 Å². The molecule has 15 heavy (non-hydrogen) atoms. The molecule has 0 saturated heterocycles. The van der Waals surface area contributed by atoms with Crippen LogP contribution in [0.5, 0.6) is 0 Å². The van der Waals surface area contributed by atoms with Crippen LogP contribution in [0.15, 0.2) is 0 Å². The minimum Gasteiger partial charge on any atom is -0.309 e. The van der Waals surface area contributed by atoms with Crippen molar-refractivity contribution in [2.24, 2.45) is 11.3 Å². The van der Waals surface area contributed by atoms with Crippen LogP contribution < -0.4 is 5.32 Å². The third-order valence-electron chi connectivity index (χ3n) is 3.18. The topological polar surface area (TPSA) is 12.0 Å². The van der Waals surface area contributed by atoms with E-state index in [0.717, 1.165) is 12.0 Å². The van der Waals surface area contributed by atoms with Gasteiger partial charge in [0, 0.05) is 11.6 Å². The Labute approximate surface area is 96.0 Å². The lowest BCUT2D eigenvalue weighted by Crippen LogP contribution is -2.48. The van der Waals surface area contributed by atoms with Gasteiger partial charge >= 0.3 is 0 Å². The van der Waals surface area contributed by atoms with Gasteiger partial charge in [0.2, 0.25) is 0 Å². The van der Waals surface area contributed by atoms with E-state index < -0.39 is 0 Å². The molecule has 1 unspecified atom stereocenters. The summed E-state index contributed by atoms with van der Waals surface area (Å²) in [5.74, 6) is 0.967. The molecule has 0 spiro atoms. The summed E-state index contributed by atoms with van der Waals surface area (Å²) in [5.41, 5.74) is 0.694. The van der Waals surface area contributed by atoms with Gasteiger partial charge in [-0.25, -0.2) is 0 Å². The van der Waals surface area contributed by atoms with Crippen molar-refractivity contribution in [3.63, 3.8) is 0 Å². The van der Waals surface area contributed by atoms with Crippen molar-refractivity contribution in [3.05, 3.63) is 0 Å². The molecule has 0 amide bonds. The fourth-order valence-electron chi connectivity index (χ4n) is 2.93. The third-order valence-corrected chi connectivity index (χ3v) is 3.18. The van der Waals surface area contributed by atoms with E-state index >= 15 is 0 Å². The molecule has 1 nitrogen and oxygen atoms in total. The molecular formula is C14H29N. The Morgan fingerprint density at radius 1 is 1.13 bits per heavy atom. The summed E-state index contributed by atoms with van der Waals surface area (Å²) < 4.78 is 0. The molecule has 1 N–H and O–H groups in total. The van der Waals surface area contributed by atoms with Gasteiger partial charge in [0.15, 0.2) is 0 Å². The second-order valence-electron chi connectivity index (χ2n) is 7.12. The van der Waals surface area contributed by atoms with E-state index in [9.17, 15) is 0 Å². The van der Waals surface area contributed by atoms with Crippen molar-refractivity contribution < 1.29 is 0 Å². The van der Waals surface area contributed by atoms with Crippen LogP contribution in [-0.4, -0.2) is 11.6 Å². The quantitative estimate of drug-likeness (QED) is 0.725. The van der Waals surface area contributed by atoms with Crippen molar-refractivity contribution in [3.8, 4) is 0 Å². The summed E-state index contributed by atoms with van der Waals surface area (Å²) in [6.07, 6.45) is 5.40. The highest BCUT2D eigenvalue weighted by Gasteiger charge is 2.34. The zero-order chi connectivity index (χ0) is 11.7. The highest BCUT2D eigenvalue weighted by molar-refractivity contribution is 4.92. The predicted molar refractivity (Wildman–Crippen MR) is 68.1 cm³/mol. The maximum absolute atomic E-state index is 3.86. The highest BCUT2D eigenvalue weighted by Crippen LogP contribution is 2.36. The van der Waals surface area contributed by atoms with E-state index in [1.807, 2.05) is 0 Å². The molecule has 0 radical (unpaired) electrons. The fraction of sp³-hybridized carbons (Fsp3) is 1.00. The van der Waals surface area contributed by atoms with Gasteiger partial charge in [-0.15, -0.1) is 0 Å². The SMILES string of the molecule is CCC(NC(C)(C)CC(C)(C)C)C1CC1. The Morgan fingerprint density at radius 2 is 1.67 bits per heavy atom. The van der Waals surface area contributed by atoms with Gasteiger partial charge in [0.25, 0.3) is 0 Å². The summed E-state index contributed by atoms with van der Waals surface area (Å²) in [7, 11) is 0. The zero-order valence-corrected chi connectivity index (χ0v) is 11.5. The van der Waals surface area contributed by atoms with E-state index in [2.05, 4.69) is 46.9 Å². The van der Waals surface area contributed by atoms with Gasteiger partial charge in [-0.05, 0) is 50.9 Å². The summed E-state index contributed by atoms with van der Waals surface area (Å²) in [6, 6.07) is 0.752. The van der Waals surface area contributed by atoms with Gasteiger partial charge in [-0.2, -0.15) is 0 Å². The molecule has 1 heteroatoms. The van der Waals surface area contributed by atoms with Crippen molar-refractivity contribution in [1.82, 2.24) is 5.32 Å². The first-order valence-corrected chi connectivity index (χ1v) is 6.51. The Hall–Kier alpha value is -0.0400. The van der Waals surface area contributed by atoms with Gasteiger partial charge in [0.1, 0.15) is 0 Å². The Kier molecular flexibility index (Phi) is 3.86. The van der Waals surface area contributed by atoms with Crippen LogP contribution in [0, 0.1) is 11.3 Å². The lowest BCUT2D eigenvalue weighted by Gasteiger charge is -2.37. The minimum atomic E-state index is 0.279.